The maximum absolute atomic E-state index is 13.0. The Bertz CT molecular complexity index is 731. The van der Waals surface area contributed by atoms with Gasteiger partial charge in [0, 0.05) is 30.3 Å². The Hall–Kier alpha value is -1.85. The number of hydrogen-bond donors (Lipinski definition) is 1. The summed E-state index contributed by atoms with van der Waals surface area (Å²) in [7, 11) is 0. The van der Waals surface area contributed by atoms with Gasteiger partial charge in [-0.3, -0.25) is 4.79 Å². The quantitative estimate of drug-likeness (QED) is 0.923. The maximum Gasteiger partial charge on any atom is 0.227 e. The van der Waals surface area contributed by atoms with E-state index in [4.69, 9.17) is 9.47 Å². The molecular weight excluding hydrogens is 292 g/mol. The van der Waals surface area contributed by atoms with Gasteiger partial charge in [0.05, 0.1) is 31.8 Å². The van der Waals surface area contributed by atoms with Crippen molar-refractivity contribution in [2.24, 2.45) is 0 Å². The van der Waals surface area contributed by atoms with Crippen LogP contribution >= 0.6 is 0 Å². The van der Waals surface area contributed by atoms with E-state index in [0.717, 1.165) is 22.9 Å². The van der Waals surface area contributed by atoms with E-state index in [-0.39, 0.29) is 11.4 Å². The maximum atomic E-state index is 13.0. The fourth-order valence-electron chi connectivity index (χ4n) is 3.81. The van der Waals surface area contributed by atoms with Gasteiger partial charge >= 0.3 is 0 Å². The highest BCUT2D eigenvalue weighted by atomic mass is 16.5. The molecule has 1 aromatic carbocycles. The van der Waals surface area contributed by atoms with Crippen molar-refractivity contribution in [3.63, 3.8) is 0 Å². The molecule has 3 heterocycles. The number of rotatable bonds is 2. The van der Waals surface area contributed by atoms with Gasteiger partial charge < -0.3 is 19.4 Å². The minimum absolute atomic E-state index is 0.168. The lowest BCUT2D eigenvalue weighted by Crippen LogP contribution is -2.60. The monoisotopic (exact) mass is 314 g/mol. The number of aromatic nitrogens is 1. The Morgan fingerprint density at radius 3 is 2.96 bits per heavy atom. The number of carbonyl (C=O) groups excluding carboxylic acids is 1. The molecule has 122 valence electrons. The van der Waals surface area contributed by atoms with Crippen molar-refractivity contribution in [2.45, 2.75) is 25.3 Å². The van der Waals surface area contributed by atoms with E-state index < -0.39 is 0 Å². The van der Waals surface area contributed by atoms with E-state index in [0.29, 0.717) is 39.4 Å². The predicted molar refractivity (Wildman–Crippen MR) is 87.4 cm³/mol. The average Bonchev–Trinajstić information content (AvgIpc) is 3.17. The van der Waals surface area contributed by atoms with Crippen LogP contribution in [0.5, 0.6) is 0 Å². The third-order valence-corrected chi connectivity index (χ3v) is 5.14. The number of H-pyrrole nitrogens is 1. The highest BCUT2D eigenvalue weighted by Crippen LogP contribution is 2.30. The summed E-state index contributed by atoms with van der Waals surface area (Å²) >= 11 is 0. The van der Waals surface area contributed by atoms with Gasteiger partial charge in [-0.05, 0) is 24.5 Å². The van der Waals surface area contributed by atoms with E-state index in [9.17, 15) is 4.79 Å². The van der Waals surface area contributed by atoms with Crippen molar-refractivity contribution in [1.82, 2.24) is 9.88 Å². The summed E-state index contributed by atoms with van der Waals surface area (Å²) in [6.45, 7) is 5.23. The fourth-order valence-corrected chi connectivity index (χ4v) is 3.81. The van der Waals surface area contributed by atoms with Crippen LogP contribution in [0, 0.1) is 6.92 Å². The fraction of sp³-hybridized carbons (Fsp3) is 0.500. The van der Waals surface area contributed by atoms with Crippen LogP contribution in [0.25, 0.3) is 10.9 Å². The predicted octanol–water partition coefficient (Wildman–Crippen LogP) is 2.04. The molecule has 1 amide bonds. The van der Waals surface area contributed by atoms with E-state index in [2.05, 4.69) is 24.0 Å². The molecule has 1 N–H and O–H groups in total. The molecule has 2 aliphatic heterocycles. The van der Waals surface area contributed by atoms with Gasteiger partial charge in [-0.1, -0.05) is 18.2 Å². The number of para-hydroxylation sites is 1. The van der Waals surface area contributed by atoms with Crippen LogP contribution in [-0.2, 0) is 20.7 Å². The number of fused-ring (bicyclic) bond motifs is 1. The van der Waals surface area contributed by atoms with Crippen molar-refractivity contribution in [3.8, 4) is 0 Å². The molecule has 1 unspecified atom stereocenters. The van der Waals surface area contributed by atoms with Gasteiger partial charge in [0.1, 0.15) is 0 Å². The van der Waals surface area contributed by atoms with Crippen molar-refractivity contribution in [1.29, 1.82) is 0 Å². The molecule has 2 saturated heterocycles. The van der Waals surface area contributed by atoms with Crippen LogP contribution in [0.3, 0.4) is 0 Å². The largest absolute Gasteiger partial charge is 0.379 e. The standard InChI is InChI=1S/C18H22N2O3/c1-13-3-2-4-15-14(10-19-17(13)15)9-16(21)20-6-8-23-12-18(20)5-7-22-11-18/h2-4,10,19H,5-9,11-12H2,1H3. The number of carbonyl (C=O) groups is 1. The molecule has 23 heavy (non-hydrogen) atoms. The van der Waals surface area contributed by atoms with Gasteiger partial charge in [0.2, 0.25) is 5.91 Å². The van der Waals surface area contributed by atoms with Crippen LogP contribution < -0.4 is 0 Å². The number of aromatic amines is 1. The first-order chi connectivity index (χ1) is 11.2. The minimum atomic E-state index is -0.253. The minimum Gasteiger partial charge on any atom is -0.379 e. The zero-order valence-corrected chi connectivity index (χ0v) is 13.4. The van der Waals surface area contributed by atoms with E-state index in [1.807, 2.05) is 17.2 Å². The smallest absolute Gasteiger partial charge is 0.227 e. The topological polar surface area (TPSA) is 54.6 Å². The van der Waals surface area contributed by atoms with E-state index in [1.54, 1.807) is 0 Å². The highest BCUT2D eigenvalue weighted by Gasteiger charge is 2.45. The number of amides is 1. The van der Waals surface area contributed by atoms with Crippen molar-refractivity contribution in [2.75, 3.05) is 33.0 Å². The molecule has 5 nitrogen and oxygen atoms in total. The number of nitrogens with one attached hydrogen (secondary N) is 1. The molecule has 1 spiro atoms. The third kappa shape index (κ3) is 2.44. The lowest BCUT2D eigenvalue weighted by atomic mass is 9.94. The second-order valence-electron chi connectivity index (χ2n) is 6.61. The van der Waals surface area contributed by atoms with Crippen LogP contribution in [0.4, 0.5) is 0 Å². The molecule has 5 heteroatoms. The molecule has 0 saturated carbocycles. The van der Waals surface area contributed by atoms with Crippen LogP contribution in [0.1, 0.15) is 17.5 Å². The van der Waals surface area contributed by atoms with Gasteiger partial charge in [-0.15, -0.1) is 0 Å². The summed E-state index contributed by atoms with van der Waals surface area (Å²) in [6, 6.07) is 6.20. The molecule has 2 aromatic rings. The molecule has 0 bridgehead atoms. The number of ether oxygens (including phenoxy) is 2. The van der Waals surface area contributed by atoms with Crippen LogP contribution in [0.15, 0.2) is 24.4 Å². The zero-order valence-electron chi connectivity index (χ0n) is 13.4. The SMILES string of the molecule is Cc1cccc2c(CC(=O)N3CCOCC34CCOC4)c[nH]c12. The lowest BCUT2D eigenvalue weighted by Gasteiger charge is -2.43. The number of benzene rings is 1. The number of morpholine rings is 1. The summed E-state index contributed by atoms with van der Waals surface area (Å²) < 4.78 is 11.2. The first kappa shape index (κ1) is 14.7. The Morgan fingerprint density at radius 1 is 1.30 bits per heavy atom. The average molecular weight is 314 g/mol. The summed E-state index contributed by atoms with van der Waals surface area (Å²) in [5.74, 6) is 0.168. The van der Waals surface area contributed by atoms with Gasteiger partial charge in [0.25, 0.3) is 0 Å². The number of nitrogens with zero attached hydrogens (tertiary/aromatic N) is 1. The summed E-state index contributed by atoms with van der Waals surface area (Å²) in [4.78, 5) is 18.3. The Labute approximate surface area is 135 Å². The molecule has 4 rings (SSSR count). The normalized spacial score (nSPS) is 24.7. The number of hydrogen-bond acceptors (Lipinski definition) is 3. The zero-order chi connectivity index (χ0) is 15.9. The Morgan fingerprint density at radius 2 is 2.13 bits per heavy atom. The van der Waals surface area contributed by atoms with Gasteiger partial charge in [0.15, 0.2) is 0 Å². The first-order valence-corrected chi connectivity index (χ1v) is 8.21. The van der Waals surface area contributed by atoms with Gasteiger partial charge in [-0.25, -0.2) is 0 Å². The Balaban J connectivity index is 1.60. The molecule has 0 aliphatic carbocycles. The second-order valence-corrected chi connectivity index (χ2v) is 6.61. The third-order valence-electron chi connectivity index (χ3n) is 5.14. The van der Waals surface area contributed by atoms with Crippen molar-refractivity contribution in [3.05, 3.63) is 35.5 Å². The second kappa shape index (κ2) is 5.65. The van der Waals surface area contributed by atoms with E-state index in [1.165, 1.54) is 5.56 Å². The summed E-state index contributed by atoms with van der Waals surface area (Å²) in [6.07, 6.45) is 3.25. The summed E-state index contributed by atoms with van der Waals surface area (Å²) in [5, 5.41) is 1.14. The molecular formula is C18H22N2O3. The molecule has 2 aliphatic rings. The molecule has 1 atom stereocenters. The Kier molecular flexibility index (Phi) is 3.62. The lowest BCUT2D eigenvalue weighted by molar-refractivity contribution is -0.148. The van der Waals surface area contributed by atoms with E-state index >= 15 is 0 Å². The van der Waals surface area contributed by atoms with Crippen molar-refractivity contribution < 1.29 is 14.3 Å². The van der Waals surface area contributed by atoms with Crippen LogP contribution in [0.2, 0.25) is 0 Å². The molecule has 2 fully saturated rings. The first-order valence-electron chi connectivity index (χ1n) is 8.21. The summed E-state index contributed by atoms with van der Waals surface area (Å²) in [5.41, 5.74) is 3.14. The van der Waals surface area contributed by atoms with Crippen LogP contribution in [-0.4, -0.2) is 54.3 Å². The number of aryl methyl sites for hydroxylation is 1. The van der Waals surface area contributed by atoms with Crippen molar-refractivity contribution >= 4 is 16.8 Å². The molecule has 1 aromatic heterocycles. The highest BCUT2D eigenvalue weighted by molar-refractivity contribution is 5.90. The molecule has 0 radical (unpaired) electrons. The van der Waals surface area contributed by atoms with Gasteiger partial charge in [-0.2, -0.15) is 0 Å².